The van der Waals surface area contributed by atoms with Crippen LogP contribution in [0.4, 0.5) is 0 Å². The van der Waals surface area contributed by atoms with Gasteiger partial charge in [0, 0.05) is 16.0 Å². The van der Waals surface area contributed by atoms with Crippen molar-refractivity contribution < 1.29 is 14.6 Å². The van der Waals surface area contributed by atoms with Crippen LogP contribution < -0.4 is 4.74 Å². The Morgan fingerprint density at radius 3 is 2.89 bits per heavy atom. The summed E-state index contributed by atoms with van der Waals surface area (Å²) in [6, 6.07) is 6.84. The lowest BCUT2D eigenvalue weighted by Gasteiger charge is -2.13. The first-order chi connectivity index (χ1) is 8.58. The minimum atomic E-state index is -1.02. The van der Waals surface area contributed by atoms with Crippen LogP contribution in [0.25, 0.3) is 11.3 Å². The molecule has 0 aliphatic heterocycles. The van der Waals surface area contributed by atoms with E-state index in [0.717, 1.165) is 5.69 Å². The zero-order valence-corrected chi connectivity index (χ0v) is 11.0. The average molecular weight is 284 g/mol. The third kappa shape index (κ3) is 2.80. The summed E-state index contributed by atoms with van der Waals surface area (Å²) in [5.41, 5.74) is 1.41. The molecule has 0 unspecified atom stereocenters. The minimum absolute atomic E-state index is 0.459. The van der Waals surface area contributed by atoms with Crippen LogP contribution in [0.15, 0.2) is 29.6 Å². The van der Waals surface area contributed by atoms with Gasteiger partial charge >= 0.3 is 5.97 Å². The van der Waals surface area contributed by atoms with Crippen molar-refractivity contribution in [1.82, 2.24) is 4.37 Å². The number of aliphatic carboxylic acids is 1. The molecule has 0 aliphatic rings. The summed E-state index contributed by atoms with van der Waals surface area (Å²) in [5, 5.41) is 11.2. The van der Waals surface area contributed by atoms with Gasteiger partial charge in [0.2, 0.25) is 0 Å². The van der Waals surface area contributed by atoms with Gasteiger partial charge in [-0.05, 0) is 42.7 Å². The van der Waals surface area contributed by atoms with Gasteiger partial charge in [-0.25, -0.2) is 4.79 Å². The van der Waals surface area contributed by atoms with Crippen LogP contribution in [0.2, 0.25) is 5.02 Å². The van der Waals surface area contributed by atoms with E-state index in [4.69, 9.17) is 21.4 Å². The number of aromatic nitrogens is 1. The molecule has 0 fully saturated rings. The Labute approximate surface area is 113 Å². The number of halogens is 1. The third-order valence-corrected chi connectivity index (χ3v) is 3.10. The Morgan fingerprint density at radius 2 is 2.28 bits per heavy atom. The first-order valence-electron chi connectivity index (χ1n) is 5.17. The molecule has 1 heterocycles. The van der Waals surface area contributed by atoms with Crippen molar-refractivity contribution in [3.63, 3.8) is 0 Å². The molecule has 2 rings (SSSR count). The largest absolute Gasteiger partial charge is 0.479 e. The van der Waals surface area contributed by atoms with Crippen molar-refractivity contribution >= 4 is 29.1 Å². The van der Waals surface area contributed by atoms with Gasteiger partial charge in [0.15, 0.2) is 6.10 Å². The number of rotatable bonds is 4. The zero-order chi connectivity index (χ0) is 13.1. The molecule has 1 N–H and O–H groups in total. The van der Waals surface area contributed by atoms with E-state index in [-0.39, 0.29) is 0 Å². The number of carboxylic acid groups (broad SMARTS) is 1. The van der Waals surface area contributed by atoms with E-state index in [1.807, 2.05) is 11.4 Å². The number of benzene rings is 1. The highest BCUT2D eigenvalue weighted by Crippen LogP contribution is 2.32. The lowest BCUT2D eigenvalue weighted by atomic mass is 10.1. The van der Waals surface area contributed by atoms with E-state index in [2.05, 4.69) is 4.37 Å². The lowest BCUT2D eigenvalue weighted by molar-refractivity contribution is -0.144. The molecule has 94 valence electrons. The molecule has 0 spiro atoms. The predicted molar refractivity (Wildman–Crippen MR) is 70.3 cm³/mol. The molecule has 6 heteroatoms. The van der Waals surface area contributed by atoms with Gasteiger partial charge in [0.05, 0.1) is 5.69 Å². The lowest BCUT2D eigenvalue weighted by Crippen LogP contribution is -2.23. The highest BCUT2D eigenvalue weighted by molar-refractivity contribution is 7.03. The highest BCUT2D eigenvalue weighted by atomic mass is 35.5. The smallest absolute Gasteiger partial charge is 0.344 e. The van der Waals surface area contributed by atoms with Gasteiger partial charge in [0.1, 0.15) is 5.75 Å². The van der Waals surface area contributed by atoms with Crippen molar-refractivity contribution in [3.05, 3.63) is 34.7 Å². The number of carboxylic acids is 1. The van der Waals surface area contributed by atoms with Crippen LogP contribution in [0.1, 0.15) is 6.92 Å². The Balaban J connectivity index is 2.38. The summed E-state index contributed by atoms with van der Waals surface area (Å²) < 4.78 is 9.59. The molecule has 0 bridgehead atoms. The van der Waals surface area contributed by atoms with Gasteiger partial charge in [-0.2, -0.15) is 4.37 Å². The summed E-state index contributed by atoms with van der Waals surface area (Å²) in [6.07, 6.45) is -0.927. The Morgan fingerprint density at radius 1 is 1.50 bits per heavy atom. The van der Waals surface area contributed by atoms with E-state index in [1.165, 1.54) is 18.5 Å². The molecule has 1 atom stereocenters. The molecule has 0 radical (unpaired) electrons. The van der Waals surface area contributed by atoms with E-state index in [0.29, 0.717) is 16.3 Å². The maximum absolute atomic E-state index is 10.8. The van der Waals surface area contributed by atoms with Crippen LogP contribution in [0.3, 0.4) is 0 Å². The van der Waals surface area contributed by atoms with E-state index in [9.17, 15) is 4.79 Å². The van der Waals surface area contributed by atoms with Crippen LogP contribution in [0.5, 0.6) is 5.75 Å². The SMILES string of the molecule is C[C@H](Oc1ccc(Cl)cc1-c1ccsn1)C(=O)O. The molecule has 2 aromatic rings. The highest BCUT2D eigenvalue weighted by Gasteiger charge is 2.16. The number of carbonyl (C=O) groups is 1. The fraction of sp³-hybridized carbons (Fsp3) is 0.167. The third-order valence-electron chi connectivity index (χ3n) is 2.31. The van der Waals surface area contributed by atoms with Crippen molar-refractivity contribution in [1.29, 1.82) is 0 Å². The molecule has 18 heavy (non-hydrogen) atoms. The normalized spacial score (nSPS) is 12.1. The van der Waals surface area contributed by atoms with Crippen molar-refractivity contribution in [2.24, 2.45) is 0 Å². The first-order valence-corrected chi connectivity index (χ1v) is 6.39. The van der Waals surface area contributed by atoms with Crippen molar-refractivity contribution in [2.45, 2.75) is 13.0 Å². The molecule has 4 nitrogen and oxygen atoms in total. The standard InChI is InChI=1S/C12H10ClNO3S/c1-7(12(15)16)17-11-3-2-8(13)6-9(11)10-4-5-18-14-10/h2-7H,1H3,(H,15,16)/t7-/m0/s1. The Bertz CT molecular complexity index is 556. The minimum Gasteiger partial charge on any atom is -0.479 e. The summed E-state index contributed by atoms with van der Waals surface area (Å²) in [7, 11) is 0. The summed E-state index contributed by atoms with van der Waals surface area (Å²) in [6.45, 7) is 1.47. The maximum atomic E-state index is 10.8. The quantitative estimate of drug-likeness (QED) is 0.935. The molecule has 1 aromatic heterocycles. The van der Waals surface area contributed by atoms with E-state index >= 15 is 0 Å². The summed E-state index contributed by atoms with van der Waals surface area (Å²) >= 11 is 7.25. The van der Waals surface area contributed by atoms with E-state index in [1.54, 1.807) is 18.2 Å². The second-order valence-corrected chi connectivity index (χ2v) is 4.73. The number of nitrogens with zero attached hydrogens (tertiary/aromatic N) is 1. The summed E-state index contributed by atoms with van der Waals surface area (Å²) in [4.78, 5) is 10.8. The van der Waals surface area contributed by atoms with Gasteiger partial charge < -0.3 is 9.84 Å². The molecule has 1 aromatic carbocycles. The number of ether oxygens (including phenoxy) is 1. The predicted octanol–water partition coefficient (Wildman–Crippen LogP) is 3.32. The second-order valence-electron chi connectivity index (χ2n) is 3.62. The van der Waals surface area contributed by atoms with Crippen LogP contribution in [-0.2, 0) is 4.79 Å². The van der Waals surface area contributed by atoms with Crippen molar-refractivity contribution in [3.8, 4) is 17.0 Å². The fourth-order valence-corrected chi connectivity index (χ4v) is 2.09. The van der Waals surface area contributed by atoms with Crippen LogP contribution >= 0.6 is 23.1 Å². The Hall–Kier alpha value is -1.59. The van der Waals surface area contributed by atoms with Gasteiger partial charge in [0.25, 0.3) is 0 Å². The second kappa shape index (κ2) is 5.37. The first kappa shape index (κ1) is 12.9. The number of hydrogen-bond acceptors (Lipinski definition) is 4. The topological polar surface area (TPSA) is 59.4 Å². The van der Waals surface area contributed by atoms with E-state index < -0.39 is 12.1 Å². The monoisotopic (exact) mass is 283 g/mol. The van der Waals surface area contributed by atoms with Gasteiger partial charge in [-0.3, -0.25) is 0 Å². The van der Waals surface area contributed by atoms with Crippen LogP contribution in [-0.4, -0.2) is 21.6 Å². The fourth-order valence-electron chi connectivity index (χ4n) is 1.40. The Kier molecular flexibility index (Phi) is 3.84. The molecule has 0 aliphatic carbocycles. The molecule has 0 saturated carbocycles. The van der Waals surface area contributed by atoms with Crippen molar-refractivity contribution in [2.75, 3.05) is 0 Å². The number of hydrogen-bond donors (Lipinski definition) is 1. The molecular formula is C12H10ClNO3S. The van der Waals surface area contributed by atoms with Crippen LogP contribution in [0, 0.1) is 0 Å². The molecule has 0 saturated heterocycles. The summed E-state index contributed by atoms with van der Waals surface area (Å²) in [5.74, 6) is -0.561. The zero-order valence-electron chi connectivity index (χ0n) is 9.46. The van der Waals surface area contributed by atoms with Gasteiger partial charge in [-0.15, -0.1) is 0 Å². The van der Waals surface area contributed by atoms with Gasteiger partial charge in [-0.1, -0.05) is 11.6 Å². The molecule has 0 amide bonds. The molecular weight excluding hydrogens is 274 g/mol. The maximum Gasteiger partial charge on any atom is 0.344 e. The average Bonchev–Trinajstić information content (AvgIpc) is 2.84.